The summed E-state index contributed by atoms with van der Waals surface area (Å²) in [6.45, 7) is 0. The maximum Gasteiger partial charge on any atom is 0.0840 e. The molecule has 0 radical (unpaired) electrons. The van der Waals surface area contributed by atoms with E-state index in [1.54, 1.807) is 0 Å². The van der Waals surface area contributed by atoms with Crippen LogP contribution in [0.15, 0.2) is 51.5 Å². The summed E-state index contributed by atoms with van der Waals surface area (Å²) < 4.78 is 24.2. The van der Waals surface area contributed by atoms with Gasteiger partial charge in [-0.2, -0.15) is 0 Å². The average Bonchev–Trinajstić information content (AvgIpc) is 2.32. The molecule has 1 aromatic heterocycles. The smallest absolute Gasteiger partial charge is 0.0840 e. The van der Waals surface area contributed by atoms with E-state index in [9.17, 15) is 0 Å². The van der Waals surface area contributed by atoms with Gasteiger partial charge < -0.3 is 0 Å². The van der Waals surface area contributed by atoms with Gasteiger partial charge in [0, 0.05) is 20.7 Å². The molecule has 0 unspecified atom stereocenters. The molecule has 0 aliphatic carbocycles. The van der Waals surface area contributed by atoms with Gasteiger partial charge in [0.25, 0.3) is 0 Å². The SMILES string of the molecule is [2H]c1nc(-c2ccccc2Br)c([2H])c(Br)c1[2H]. The minimum absolute atomic E-state index is 0.0641. The number of halogens is 2. The molecule has 0 N–H and O–H groups in total. The van der Waals surface area contributed by atoms with E-state index in [-0.39, 0.29) is 18.3 Å². The Morgan fingerprint density at radius 1 is 1.21 bits per heavy atom. The summed E-state index contributed by atoms with van der Waals surface area (Å²) in [5.74, 6) is 0. The van der Waals surface area contributed by atoms with Crippen molar-refractivity contribution in [3.8, 4) is 11.3 Å². The third kappa shape index (κ3) is 2.04. The zero-order valence-corrected chi connectivity index (χ0v) is 10.2. The number of rotatable bonds is 1. The lowest BCUT2D eigenvalue weighted by Crippen LogP contribution is -1.83. The molecular formula is C11H7Br2N. The molecule has 0 saturated carbocycles. The Hall–Kier alpha value is -0.670. The van der Waals surface area contributed by atoms with Crippen LogP contribution in [-0.2, 0) is 0 Å². The van der Waals surface area contributed by atoms with Gasteiger partial charge in [0.2, 0.25) is 0 Å². The Morgan fingerprint density at radius 2 is 2.00 bits per heavy atom. The largest absolute Gasteiger partial charge is 0.256 e. The zero-order chi connectivity index (χ0) is 12.6. The predicted molar refractivity (Wildman–Crippen MR) is 65.1 cm³/mol. The van der Waals surface area contributed by atoms with Crippen LogP contribution in [0.2, 0.25) is 0 Å². The topological polar surface area (TPSA) is 12.9 Å². The summed E-state index contributed by atoms with van der Waals surface area (Å²) >= 11 is 6.54. The average molecular weight is 316 g/mol. The van der Waals surface area contributed by atoms with Gasteiger partial charge in [-0.05, 0) is 18.2 Å². The lowest BCUT2D eigenvalue weighted by molar-refractivity contribution is 1.31. The summed E-state index contributed by atoms with van der Waals surface area (Å²) in [7, 11) is 0. The van der Waals surface area contributed by atoms with Gasteiger partial charge in [-0.15, -0.1) is 0 Å². The van der Waals surface area contributed by atoms with Gasteiger partial charge in [-0.3, -0.25) is 4.98 Å². The van der Waals surface area contributed by atoms with E-state index >= 15 is 0 Å². The Bertz CT molecular complexity index is 587. The van der Waals surface area contributed by atoms with Crippen molar-refractivity contribution < 1.29 is 4.11 Å². The minimum Gasteiger partial charge on any atom is -0.256 e. The van der Waals surface area contributed by atoms with E-state index in [4.69, 9.17) is 4.11 Å². The number of aromatic nitrogens is 1. The van der Waals surface area contributed by atoms with Crippen LogP contribution in [0.3, 0.4) is 0 Å². The molecule has 0 atom stereocenters. The van der Waals surface area contributed by atoms with E-state index in [2.05, 4.69) is 36.8 Å². The fraction of sp³-hybridized carbons (Fsp3) is 0. The second kappa shape index (κ2) is 4.24. The maximum atomic E-state index is 7.93. The van der Waals surface area contributed by atoms with Gasteiger partial charge in [-0.25, -0.2) is 0 Å². The first-order valence-corrected chi connectivity index (χ1v) is 5.49. The van der Waals surface area contributed by atoms with Crippen molar-refractivity contribution in [3.05, 3.63) is 51.5 Å². The first-order chi connectivity index (χ1) is 8.02. The lowest BCUT2D eigenvalue weighted by atomic mass is 10.1. The van der Waals surface area contributed by atoms with E-state index < -0.39 is 0 Å². The zero-order valence-electron chi connectivity index (χ0n) is 10.0. The molecule has 3 heteroatoms. The van der Waals surface area contributed by atoms with Crippen LogP contribution in [0, 0.1) is 0 Å². The highest BCUT2D eigenvalue weighted by Crippen LogP contribution is 2.27. The van der Waals surface area contributed by atoms with Crippen LogP contribution in [0.25, 0.3) is 11.3 Å². The number of benzene rings is 1. The molecule has 0 spiro atoms. The van der Waals surface area contributed by atoms with Crippen molar-refractivity contribution in [2.75, 3.05) is 0 Å². The predicted octanol–water partition coefficient (Wildman–Crippen LogP) is 4.27. The van der Waals surface area contributed by atoms with Gasteiger partial charge in [0.15, 0.2) is 0 Å². The van der Waals surface area contributed by atoms with E-state index in [1.807, 2.05) is 24.3 Å². The molecule has 2 rings (SSSR count). The first-order valence-electron chi connectivity index (χ1n) is 5.40. The van der Waals surface area contributed by atoms with Crippen LogP contribution in [0.4, 0.5) is 0 Å². The number of pyridine rings is 1. The van der Waals surface area contributed by atoms with Crippen molar-refractivity contribution in [2.45, 2.75) is 0 Å². The van der Waals surface area contributed by atoms with Crippen LogP contribution in [0.5, 0.6) is 0 Å². The highest BCUT2D eigenvalue weighted by Gasteiger charge is 2.02. The number of hydrogen-bond acceptors (Lipinski definition) is 1. The molecule has 1 nitrogen and oxygen atoms in total. The third-order valence-electron chi connectivity index (χ3n) is 1.69. The second-order valence-electron chi connectivity index (χ2n) is 2.62. The molecule has 0 aliphatic rings. The van der Waals surface area contributed by atoms with E-state index in [0.29, 0.717) is 10.2 Å². The van der Waals surface area contributed by atoms with Crippen molar-refractivity contribution in [1.29, 1.82) is 0 Å². The van der Waals surface area contributed by atoms with Crippen molar-refractivity contribution in [3.63, 3.8) is 0 Å². The van der Waals surface area contributed by atoms with Crippen molar-refractivity contribution in [2.24, 2.45) is 0 Å². The highest BCUT2D eigenvalue weighted by molar-refractivity contribution is 9.10. The summed E-state index contributed by atoms with van der Waals surface area (Å²) in [5.41, 5.74) is 1.14. The molecule has 0 bridgehead atoms. The molecule has 0 saturated heterocycles. The summed E-state index contributed by atoms with van der Waals surface area (Å²) in [6.07, 6.45) is -0.140. The van der Waals surface area contributed by atoms with Gasteiger partial charge in [0.05, 0.1) is 9.81 Å². The van der Waals surface area contributed by atoms with Gasteiger partial charge >= 0.3 is 0 Å². The number of hydrogen-bond donors (Lipinski definition) is 0. The van der Waals surface area contributed by atoms with E-state index in [0.717, 1.165) is 10.0 Å². The van der Waals surface area contributed by atoms with E-state index in [1.165, 1.54) is 0 Å². The Kier molecular flexibility index (Phi) is 2.04. The molecule has 0 fully saturated rings. The van der Waals surface area contributed by atoms with Crippen LogP contribution in [0.1, 0.15) is 4.11 Å². The third-order valence-corrected chi connectivity index (χ3v) is 2.78. The van der Waals surface area contributed by atoms with Crippen molar-refractivity contribution in [1.82, 2.24) is 4.98 Å². The molecule has 0 aliphatic heterocycles. The molecule has 14 heavy (non-hydrogen) atoms. The lowest BCUT2D eigenvalue weighted by Gasteiger charge is -2.03. The summed E-state index contributed by atoms with van der Waals surface area (Å²) in [6, 6.07) is 7.44. The van der Waals surface area contributed by atoms with Crippen LogP contribution >= 0.6 is 31.9 Å². The van der Waals surface area contributed by atoms with Gasteiger partial charge in [-0.1, -0.05) is 50.1 Å². The monoisotopic (exact) mass is 314 g/mol. The fourth-order valence-electron chi connectivity index (χ4n) is 1.08. The normalized spacial score (nSPS) is 13.1. The Labute approximate surface area is 104 Å². The van der Waals surface area contributed by atoms with Crippen LogP contribution in [-0.4, -0.2) is 4.98 Å². The van der Waals surface area contributed by atoms with Crippen molar-refractivity contribution >= 4 is 31.9 Å². The quantitative estimate of drug-likeness (QED) is 0.765. The molecular weight excluding hydrogens is 306 g/mol. The second-order valence-corrected chi connectivity index (χ2v) is 4.26. The fourth-order valence-corrected chi connectivity index (χ4v) is 1.83. The Morgan fingerprint density at radius 3 is 2.79 bits per heavy atom. The summed E-state index contributed by atoms with van der Waals surface area (Å²) in [5, 5.41) is 0. The Balaban J connectivity index is 2.73. The summed E-state index contributed by atoms with van der Waals surface area (Å²) in [4.78, 5) is 4.00. The standard InChI is InChI=1S/C11H7Br2N/c12-8-5-6-14-11(7-8)9-3-1-2-4-10(9)13/h1-7H/i5D,6D,7D. The highest BCUT2D eigenvalue weighted by atomic mass is 79.9. The molecule has 1 aromatic carbocycles. The minimum atomic E-state index is -0.140. The van der Waals surface area contributed by atoms with Gasteiger partial charge in [0.1, 0.15) is 0 Å². The molecule has 2 aromatic rings. The molecule has 70 valence electrons. The molecule has 1 heterocycles. The molecule has 0 amide bonds. The first kappa shape index (κ1) is 6.75. The van der Waals surface area contributed by atoms with Crippen LogP contribution < -0.4 is 0 Å². The maximum absolute atomic E-state index is 7.93. The number of nitrogens with zero attached hydrogens (tertiary/aromatic N) is 1.